The summed E-state index contributed by atoms with van der Waals surface area (Å²) in [5.41, 5.74) is 4.92. The molecule has 1 aliphatic carbocycles. The summed E-state index contributed by atoms with van der Waals surface area (Å²) in [6.07, 6.45) is 1.13. The lowest BCUT2D eigenvalue weighted by Gasteiger charge is -2.09. The Hall–Kier alpha value is -1.61. The third kappa shape index (κ3) is 1.72. The lowest BCUT2D eigenvalue weighted by molar-refractivity contribution is 0.0697. The molecular formula is C16H12BrNO. The van der Waals surface area contributed by atoms with E-state index in [1.807, 2.05) is 12.1 Å². The summed E-state index contributed by atoms with van der Waals surface area (Å²) in [6.45, 7) is 0. The first-order valence-corrected chi connectivity index (χ1v) is 7.20. The van der Waals surface area contributed by atoms with Gasteiger partial charge in [0.2, 0.25) is 0 Å². The molecule has 19 heavy (non-hydrogen) atoms. The van der Waals surface area contributed by atoms with Crippen LogP contribution in [0.5, 0.6) is 0 Å². The molecule has 2 aromatic carbocycles. The highest BCUT2D eigenvalue weighted by atomic mass is 79.9. The number of hydrogen-bond donors (Lipinski definition) is 0. The van der Waals surface area contributed by atoms with E-state index in [-0.39, 0.29) is 6.10 Å². The number of nitrogens with zero attached hydrogens (tertiary/aromatic N) is 1. The van der Waals surface area contributed by atoms with Crippen molar-refractivity contribution in [3.8, 4) is 0 Å². The van der Waals surface area contributed by atoms with Crippen molar-refractivity contribution in [1.82, 2.24) is 0 Å². The molecule has 2 nitrogen and oxygen atoms in total. The molecule has 94 valence electrons. The van der Waals surface area contributed by atoms with Crippen LogP contribution >= 0.6 is 15.9 Å². The molecule has 1 heterocycles. The van der Waals surface area contributed by atoms with Crippen LogP contribution in [0.3, 0.4) is 0 Å². The Kier molecular flexibility index (Phi) is 2.49. The van der Waals surface area contributed by atoms with Crippen LogP contribution in [-0.2, 0) is 11.3 Å². The maximum Gasteiger partial charge on any atom is 0.161 e. The lowest BCUT2D eigenvalue weighted by Crippen LogP contribution is -2.14. The van der Waals surface area contributed by atoms with E-state index in [1.54, 1.807) is 0 Å². The van der Waals surface area contributed by atoms with Crippen LogP contribution in [0.25, 0.3) is 0 Å². The first-order chi connectivity index (χ1) is 9.33. The van der Waals surface area contributed by atoms with Gasteiger partial charge in [-0.2, -0.15) is 0 Å². The second-order valence-electron chi connectivity index (χ2n) is 5.02. The van der Waals surface area contributed by atoms with Gasteiger partial charge in [-0.15, -0.1) is 0 Å². The Morgan fingerprint density at radius 3 is 2.68 bits per heavy atom. The number of rotatable bonds is 1. The predicted octanol–water partition coefficient (Wildman–Crippen LogP) is 4.10. The van der Waals surface area contributed by atoms with E-state index >= 15 is 0 Å². The standard InChI is InChI=1S/C16H12BrNO/c17-12-7-5-10(6-8-12)15-14-9-11-3-1-2-4-13(11)16(14)19-18-15/h1-8,14,16H,9H2/t14-,16-/m1/s1. The van der Waals surface area contributed by atoms with Gasteiger partial charge in [0.25, 0.3) is 0 Å². The normalized spacial score (nSPS) is 23.5. The van der Waals surface area contributed by atoms with E-state index in [1.165, 1.54) is 11.1 Å². The summed E-state index contributed by atoms with van der Waals surface area (Å²) in [6, 6.07) is 16.8. The Labute approximate surface area is 120 Å². The second kappa shape index (κ2) is 4.20. The van der Waals surface area contributed by atoms with Crippen LogP contribution in [0.2, 0.25) is 0 Å². The molecule has 0 saturated carbocycles. The van der Waals surface area contributed by atoms with Gasteiger partial charge in [0.1, 0.15) is 0 Å². The van der Waals surface area contributed by atoms with Crippen molar-refractivity contribution in [2.45, 2.75) is 12.5 Å². The largest absolute Gasteiger partial charge is 0.387 e. The Morgan fingerprint density at radius 2 is 1.84 bits per heavy atom. The topological polar surface area (TPSA) is 21.6 Å². The number of halogens is 1. The van der Waals surface area contributed by atoms with Gasteiger partial charge in [-0.25, -0.2) is 0 Å². The molecule has 0 N–H and O–H groups in total. The summed E-state index contributed by atoms with van der Waals surface area (Å²) < 4.78 is 1.09. The van der Waals surface area contributed by atoms with E-state index in [0.29, 0.717) is 5.92 Å². The first kappa shape index (κ1) is 11.2. The van der Waals surface area contributed by atoms with Crippen molar-refractivity contribution in [2.24, 2.45) is 11.1 Å². The highest BCUT2D eigenvalue weighted by Crippen LogP contribution is 2.44. The fourth-order valence-corrected chi connectivity index (χ4v) is 3.26. The Balaban J connectivity index is 1.70. The zero-order valence-corrected chi connectivity index (χ0v) is 11.8. The molecule has 0 fully saturated rings. The van der Waals surface area contributed by atoms with Crippen molar-refractivity contribution in [3.63, 3.8) is 0 Å². The fraction of sp³-hybridized carbons (Fsp3) is 0.188. The summed E-state index contributed by atoms with van der Waals surface area (Å²) in [7, 11) is 0. The molecule has 4 rings (SSSR count). The number of fused-ring (bicyclic) bond motifs is 3. The van der Waals surface area contributed by atoms with Crippen molar-refractivity contribution in [3.05, 3.63) is 69.7 Å². The van der Waals surface area contributed by atoms with Gasteiger partial charge in [-0.3, -0.25) is 0 Å². The molecule has 1 aliphatic heterocycles. The quantitative estimate of drug-likeness (QED) is 0.777. The van der Waals surface area contributed by atoms with Gasteiger partial charge in [-0.1, -0.05) is 57.5 Å². The molecule has 2 aliphatic rings. The second-order valence-corrected chi connectivity index (χ2v) is 5.93. The fourth-order valence-electron chi connectivity index (χ4n) is 3.00. The minimum Gasteiger partial charge on any atom is -0.387 e. The maximum atomic E-state index is 5.68. The van der Waals surface area contributed by atoms with Gasteiger partial charge < -0.3 is 4.84 Å². The number of benzene rings is 2. The molecule has 0 unspecified atom stereocenters. The van der Waals surface area contributed by atoms with E-state index in [0.717, 1.165) is 22.2 Å². The Morgan fingerprint density at radius 1 is 1.05 bits per heavy atom. The highest BCUT2D eigenvalue weighted by Gasteiger charge is 2.42. The van der Waals surface area contributed by atoms with E-state index in [4.69, 9.17) is 4.84 Å². The summed E-state index contributed by atoms with van der Waals surface area (Å²) in [5, 5.41) is 4.32. The van der Waals surface area contributed by atoms with Crippen LogP contribution < -0.4 is 0 Å². The molecule has 0 bridgehead atoms. The van der Waals surface area contributed by atoms with Gasteiger partial charge in [-0.05, 0) is 35.2 Å². The molecule has 0 radical (unpaired) electrons. The van der Waals surface area contributed by atoms with E-state index < -0.39 is 0 Å². The third-order valence-corrected chi connectivity index (χ3v) is 4.45. The minimum atomic E-state index is 0.106. The summed E-state index contributed by atoms with van der Waals surface area (Å²) in [5.74, 6) is 0.360. The molecule has 2 aromatic rings. The van der Waals surface area contributed by atoms with Crippen molar-refractivity contribution >= 4 is 21.6 Å². The zero-order chi connectivity index (χ0) is 12.8. The van der Waals surface area contributed by atoms with E-state index in [2.05, 4.69) is 57.5 Å². The molecular weight excluding hydrogens is 302 g/mol. The van der Waals surface area contributed by atoms with Crippen LogP contribution in [0, 0.1) is 5.92 Å². The SMILES string of the molecule is Brc1ccc(C2=NO[C@@H]3c4ccccc4C[C@H]23)cc1. The monoisotopic (exact) mass is 313 g/mol. The average Bonchev–Trinajstić information content (AvgIpc) is 2.98. The molecule has 0 amide bonds. The molecule has 2 atom stereocenters. The van der Waals surface area contributed by atoms with Gasteiger partial charge in [0, 0.05) is 4.47 Å². The van der Waals surface area contributed by atoms with Crippen LogP contribution in [-0.4, -0.2) is 5.71 Å². The van der Waals surface area contributed by atoms with Gasteiger partial charge in [0.05, 0.1) is 11.6 Å². The van der Waals surface area contributed by atoms with Crippen molar-refractivity contribution in [1.29, 1.82) is 0 Å². The summed E-state index contributed by atoms with van der Waals surface area (Å²) in [4.78, 5) is 5.68. The van der Waals surface area contributed by atoms with Gasteiger partial charge >= 0.3 is 0 Å². The lowest BCUT2D eigenvalue weighted by atomic mass is 9.93. The predicted molar refractivity (Wildman–Crippen MR) is 78.1 cm³/mol. The average molecular weight is 314 g/mol. The van der Waals surface area contributed by atoms with Crippen molar-refractivity contribution < 1.29 is 4.84 Å². The third-order valence-electron chi connectivity index (χ3n) is 3.92. The number of hydrogen-bond acceptors (Lipinski definition) is 2. The smallest absolute Gasteiger partial charge is 0.161 e. The minimum absolute atomic E-state index is 0.106. The summed E-state index contributed by atoms with van der Waals surface area (Å²) >= 11 is 3.46. The van der Waals surface area contributed by atoms with Crippen LogP contribution in [0.4, 0.5) is 0 Å². The van der Waals surface area contributed by atoms with Gasteiger partial charge in [0.15, 0.2) is 6.10 Å². The highest BCUT2D eigenvalue weighted by molar-refractivity contribution is 9.10. The number of oxime groups is 1. The zero-order valence-electron chi connectivity index (χ0n) is 10.2. The molecule has 0 spiro atoms. The molecule has 0 saturated heterocycles. The van der Waals surface area contributed by atoms with Crippen LogP contribution in [0.15, 0.2) is 58.2 Å². The van der Waals surface area contributed by atoms with Crippen molar-refractivity contribution in [2.75, 3.05) is 0 Å². The molecule has 0 aromatic heterocycles. The molecule has 3 heteroatoms. The maximum absolute atomic E-state index is 5.68. The Bertz CT molecular complexity index is 663. The van der Waals surface area contributed by atoms with Crippen LogP contribution in [0.1, 0.15) is 22.8 Å². The first-order valence-electron chi connectivity index (χ1n) is 6.40. The van der Waals surface area contributed by atoms with E-state index in [9.17, 15) is 0 Å².